The first-order valence-electron chi connectivity index (χ1n) is 5.75. The van der Waals surface area contributed by atoms with Gasteiger partial charge < -0.3 is 15.5 Å². The molecular formula is C13H12N4O2. The van der Waals surface area contributed by atoms with Gasteiger partial charge in [-0.05, 0) is 31.2 Å². The number of oxazole rings is 1. The van der Waals surface area contributed by atoms with Gasteiger partial charge in [-0.2, -0.15) is 0 Å². The summed E-state index contributed by atoms with van der Waals surface area (Å²) in [5.74, 6) is 0.109. The van der Waals surface area contributed by atoms with Gasteiger partial charge in [-0.25, -0.2) is 9.78 Å². The molecule has 19 heavy (non-hydrogen) atoms. The van der Waals surface area contributed by atoms with Gasteiger partial charge in [0.1, 0.15) is 0 Å². The molecule has 0 bridgehead atoms. The summed E-state index contributed by atoms with van der Waals surface area (Å²) < 4.78 is 5.00. The average molecular weight is 256 g/mol. The van der Waals surface area contributed by atoms with Gasteiger partial charge >= 0.3 is 5.76 Å². The average Bonchev–Trinajstić information content (AvgIpc) is 2.73. The third-order valence-electron chi connectivity index (χ3n) is 2.75. The molecule has 0 saturated heterocycles. The minimum atomic E-state index is -0.472. The fraction of sp³-hybridized carbons (Fsp3) is 0.0769. The topological polar surface area (TPSA) is 96.9 Å². The molecule has 0 unspecified atom stereocenters. The second-order valence-electron chi connectivity index (χ2n) is 4.24. The SMILES string of the molecule is Cc1ccc(N)c(Nc2ccc3[nH]c(=O)oc3c2)n1. The van der Waals surface area contributed by atoms with Crippen LogP contribution in [0.15, 0.2) is 39.5 Å². The first-order valence-corrected chi connectivity index (χ1v) is 5.75. The summed E-state index contributed by atoms with van der Waals surface area (Å²) in [6.45, 7) is 1.89. The van der Waals surface area contributed by atoms with Crippen LogP contribution in [-0.2, 0) is 0 Å². The second kappa shape index (κ2) is 4.16. The molecule has 0 radical (unpaired) electrons. The Labute approximate surface area is 108 Å². The van der Waals surface area contributed by atoms with Crippen LogP contribution < -0.4 is 16.8 Å². The van der Waals surface area contributed by atoms with Crippen LogP contribution in [0, 0.1) is 6.92 Å². The quantitative estimate of drug-likeness (QED) is 0.652. The van der Waals surface area contributed by atoms with E-state index in [9.17, 15) is 4.79 Å². The van der Waals surface area contributed by atoms with Crippen molar-refractivity contribution in [1.29, 1.82) is 0 Å². The Kier molecular flexibility index (Phi) is 2.49. The van der Waals surface area contributed by atoms with Crippen LogP contribution in [-0.4, -0.2) is 9.97 Å². The molecule has 0 aliphatic heterocycles. The van der Waals surface area contributed by atoms with Crippen molar-refractivity contribution in [3.8, 4) is 0 Å². The number of hydrogen-bond donors (Lipinski definition) is 3. The largest absolute Gasteiger partial charge is 0.417 e. The van der Waals surface area contributed by atoms with Crippen molar-refractivity contribution >= 4 is 28.3 Å². The van der Waals surface area contributed by atoms with Crippen LogP contribution in [0.2, 0.25) is 0 Å². The van der Waals surface area contributed by atoms with Crippen molar-refractivity contribution in [1.82, 2.24) is 9.97 Å². The standard InChI is InChI=1S/C13H12N4O2/c1-7-2-4-9(14)12(15-7)16-8-3-5-10-11(6-8)19-13(18)17-10/h2-6H,14H2,1H3,(H,15,16)(H,17,18). The summed E-state index contributed by atoms with van der Waals surface area (Å²) in [5, 5.41) is 3.10. The molecule has 0 atom stereocenters. The van der Waals surface area contributed by atoms with E-state index in [1.54, 1.807) is 18.2 Å². The lowest BCUT2D eigenvalue weighted by Gasteiger charge is -2.08. The summed E-state index contributed by atoms with van der Waals surface area (Å²) in [7, 11) is 0. The molecule has 96 valence electrons. The Morgan fingerprint density at radius 3 is 3.00 bits per heavy atom. The molecule has 6 nitrogen and oxygen atoms in total. The van der Waals surface area contributed by atoms with Crippen LogP contribution >= 0.6 is 0 Å². The number of nitrogens with zero attached hydrogens (tertiary/aromatic N) is 1. The van der Waals surface area contributed by atoms with Gasteiger partial charge in [0.15, 0.2) is 11.4 Å². The molecule has 2 heterocycles. The third kappa shape index (κ3) is 2.15. The number of nitrogens with two attached hydrogens (primary N) is 1. The van der Waals surface area contributed by atoms with Crippen LogP contribution in [0.4, 0.5) is 17.2 Å². The maximum Gasteiger partial charge on any atom is 0.417 e. The third-order valence-corrected chi connectivity index (χ3v) is 2.75. The number of aromatic amines is 1. The van der Waals surface area contributed by atoms with Gasteiger partial charge in [0.05, 0.1) is 11.2 Å². The smallest absolute Gasteiger partial charge is 0.408 e. The van der Waals surface area contributed by atoms with Gasteiger partial charge in [0.2, 0.25) is 0 Å². The molecule has 4 N–H and O–H groups in total. The maximum atomic E-state index is 11.1. The van der Waals surface area contributed by atoms with Crippen molar-refractivity contribution in [2.24, 2.45) is 0 Å². The molecule has 3 rings (SSSR count). The highest BCUT2D eigenvalue weighted by Gasteiger charge is 2.05. The molecule has 0 saturated carbocycles. The Hall–Kier alpha value is -2.76. The number of aryl methyl sites for hydroxylation is 1. The highest BCUT2D eigenvalue weighted by Crippen LogP contribution is 2.23. The molecule has 0 amide bonds. The van der Waals surface area contributed by atoms with Crippen LogP contribution in [0.5, 0.6) is 0 Å². The fourth-order valence-electron chi connectivity index (χ4n) is 1.83. The van der Waals surface area contributed by atoms with E-state index in [1.165, 1.54) is 0 Å². The number of H-pyrrole nitrogens is 1. The van der Waals surface area contributed by atoms with E-state index in [4.69, 9.17) is 10.2 Å². The predicted molar refractivity (Wildman–Crippen MR) is 73.5 cm³/mol. The molecule has 2 aromatic heterocycles. The number of benzene rings is 1. The molecule has 0 spiro atoms. The molecule has 0 fully saturated rings. The Morgan fingerprint density at radius 1 is 1.32 bits per heavy atom. The van der Waals surface area contributed by atoms with Crippen LogP contribution in [0.1, 0.15) is 5.69 Å². The van der Waals surface area contributed by atoms with Gasteiger partial charge in [0.25, 0.3) is 0 Å². The molecule has 0 aliphatic carbocycles. The molecular weight excluding hydrogens is 244 g/mol. The van der Waals surface area contributed by atoms with Crippen molar-refractivity contribution in [2.75, 3.05) is 11.1 Å². The lowest BCUT2D eigenvalue weighted by molar-refractivity contribution is 0.555. The Morgan fingerprint density at radius 2 is 2.16 bits per heavy atom. The zero-order valence-corrected chi connectivity index (χ0v) is 10.2. The number of hydrogen-bond acceptors (Lipinski definition) is 5. The Bertz CT molecular complexity index is 804. The Balaban J connectivity index is 2.00. The zero-order chi connectivity index (χ0) is 13.4. The normalized spacial score (nSPS) is 10.8. The van der Waals surface area contributed by atoms with Gasteiger partial charge in [-0.1, -0.05) is 0 Å². The highest BCUT2D eigenvalue weighted by molar-refractivity contribution is 5.79. The number of pyridine rings is 1. The van der Waals surface area contributed by atoms with E-state index in [-0.39, 0.29) is 0 Å². The molecule has 1 aromatic carbocycles. The summed E-state index contributed by atoms with van der Waals surface area (Å²) in [4.78, 5) is 18.0. The van der Waals surface area contributed by atoms with Crippen molar-refractivity contribution in [3.63, 3.8) is 0 Å². The number of fused-ring (bicyclic) bond motifs is 1. The highest BCUT2D eigenvalue weighted by atomic mass is 16.4. The first kappa shape index (κ1) is 11.3. The van der Waals surface area contributed by atoms with E-state index in [2.05, 4.69) is 15.3 Å². The minimum Gasteiger partial charge on any atom is -0.408 e. The molecule has 6 heteroatoms. The number of nitrogen functional groups attached to an aromatic ring is 1. The lowest BCUT2D eigenvalue weighted by atomic mass is 10.2. The number of nitrogens with one attached hydrogen (secondary N) is 2. The number of anilines is 3. The minimum absolute atomic E-state index is 0.472. The van der Waals surface area contributed by atoms with E-state index in [1.807, 2.05) is 19.1 Å². The monoisotopic (exact) mass is 256 g/mol. The summed E-state index contributed by atoms with van der Waals surface area (Å²) in [6.07, 6.45) is 0. The van der Waals surface area contributed by atoms with Crippen molar-refractivity contribution < 1.29 is 4.42 Å². The molecule has 0 aliphatic rings. The van der Waals surface area contributed by atoms with Crippen molar-refractivity contribution in [2.45, 2.75) is 6.92 Å². The van der Waals surface area contributed by atoms with Crippen LogP contribution in [0.25, 0.3) is 11.1 Å². The predicted octanol–water partition coefficient (Wildman–Crippen LogP) is 2.15. The zero-order valence-electron chi connectivity index (χ0n) is 10.2. The second-order valence-corrected chi connectivity index (χ2v) is 4.24. The molecule has 3 aromatic rings. The van der Waals surface area contributed by atoms with Crippen LogP contribution in [0.3, 0.4) is 0 Å². The summed E-state index contributed by atoms with van der Waals surface area (Å²) >= 11 is 0. The fourth-order valence-corrected chi connectivity index (χ4v) is 1.83. The van der Waals surface area contributed by atoms with Gasteiger partial charge in [-0.15, -0.1) is 0 Å². The lowest BCUT2D eigenvalue weighted by Crippen LogP contribution is -2.00. The number of aromatic nitrogens is 2. The maximum absolute atomic E-state index is 11.1. The van der Waals surface area contributed by atoms with E-state index < -0.39 is 5.76 Å². The van der Waals surface area contributed by atoms with E-state index in [0.717, 1.165) is 11.4 Å². The van der Waals surface area contributed by atoms with Gasteiger partial charge in [-0.3, -0.25) is 4.98 Å². The van der Waals surface area contributed by atoms with E-state index in [0.29, 0.717) is 22.6 Å². The summed E-state index contributed by atoms with van der Waals surface area (Å²) in [5.41, 5.74) is 9.16. The van der Waals surface area contributed by atoms with Gasteiger partial charge in [0, 0.05) is 17.4 Å². The van der Waals surface area contributed by atoms with E-state index >= 15 is 0 Å². The first-order chi connectivity index (χ1) is 9.11. The summed E-state index contributed by atoms with van der Waals surface area (Å²) in [6, 6.07) is 8.93. The number of rotatable bonds is 2. The van der Waals surface area contributed by atoms with Crippen molar-refractivity contribution in [3.05, 3.63) is 46.6 Å².